The second kappa shape index (κ2) is 3.55. The van der Waals surface area contributed by atoms with E-state index in [1.54, 1.807) is 0 Å². The van der Waals surface area contributed by atoms with Crippen LogP contribution in [0.25, 0.3) is 0 Å². The van der Waals surface area contributed by atoms with Gasteiger partial charge in [0, 0.05) is 6.61 Å². The summed E-state index contributed by atoms with van der Waals surface area (Å²) in [5.74, 6) is 0. The number of epoxide rings is 1. The number of rotatable bonds is 5. The van der Waals surface area contributed by atoms with E-state index in [1.165, 1.54) is 6.42 Å². The quantitative estimate of drug-likeness (QED) is 0.488. The van der Waals surface area contributed by atoms with E-state index in [-0.39, 0.29) is 5.60 Å². The Hall–Kier alpha value is -0.0800. The number of hydrogen-bond acceptors (Lipinski definition) is 2. The van der Waals surface area contributed by atoms with Crippen LogP contribution in [0.4, 0.5) is 0 Å². The van der Waals surface area contributed by atoms with Crippen LogP contribution >= 0.6 is 0 Å². The summed E-state index contributed by atoms with van der Waals surface area (Å²) in [4.78, 5) is 0. The third-order valence-corrected chi connectivity index (χ3v) is 2.58. The Morgan fingerprint density at radius 2 is 2.00 bits per heavy atom. The smallest absolute Gasteiger partial charge is 0.0917 e. The van der Waals surface area contributed by atoms with Gasteiger partial charge in [0.1, 0.15) is 0 Å². The molecule has 1 rings (SSSR count). The molecule has 1 saturated heterocycles. The highest BCUT2D eigenvalue weighted by Crippen LogP contribution is 2.39. The van der Waals surface area contributed by atoms with Gasteiger partial charge in [-0.25, -0.2) is 0 Å². The third-order valence-electron chi connectivity index (χ3n) is 2.58. The van der Waals surface area contributed by atoms with E-state index in [0.717, 1.165) is 19.3 Å². The SMILES string of the molecule is CC1OC1(C)CCCCCO. The van der Waals surface area contributed by atoms with Crippen LogP contribution in [0.3, 0.4) is 0 Å². The standard InChI is InChI=1S/C9H18O2/c1-8-9(2,11-8)6-4-3-5-7-10/h8,10H,3-7H2,1-2H3. The van der Waals surface area contributed by atoms with Crippen molar-refractivity contribution in [3.05, 3.63) is 0 Å². The second-order valence-electron chi connectivity index (χ2n) is 3.61. The van der Waals surface area contributed by atoms with Gasteiger partial charge in [-0.15, -0.1) is 0 Å². The van der Waals surface area contributed by atoms with Gasteiger partial charge < -0.3 is 9.84 Å². The van der Waals surface area contributed by atoms with Gasteiger partial charge in [-0.1, -0.05) is 12.8 Å². The third kappa shape index (κ3) is 2.46. The average molecular weight is 158 g/mol. The summed E-state index contributed by atoms with van der Waals surface area (Å²) in [6.45, 7) is 4.61. The predicted octanol–water partition coefficient (Wildman–Crippen LogP) is 1.72. The van der Waals surface area contributed by atoms with E-state index in [1.807, 2.05) is 0 Å². The molecular formula is C9H18O2. The molecule has 0 radical (unpaired) electrons. The fourth-order valence-electron chi connectivity index (χ4n) is 1.40. The van der Waals surface area contributed by atoms with Crippen LogP contribution in [0.2, 0.25) is 0 Å². The van der Waals surface area contributed by atoms with Crippen LogP contribution < -0.4 is 0 Å². The first-order valence-electron chi connectivity index (χ1n) is 4.48. The van der Waals surface area contributed by atoms with Crippen molar-refractivity contribution in [1.82, 2.24) is 0 Å². The lowest BCUT2D eigenvalue weighted by Crippen LogP contribution is -2.07. The summed E-state index contributed by atoms with van der Waals surface area (Å²) in [6, 6.07) is 0. The molecule has 1 fully saturated rings. The van der Waals surface area contributed by atoms with E-state index >= 15 is 0 Å². The maximum Gasteiger partial charge on any atom is 0.0917 e. The molecule has 0 aromatic heterocycles. The van der Waals surface area contributed by atoms with Crippen LogP contribution in [0.1, 0.15) is 39.5 Å². The number of unbranched alkanes of at least 4 members (excludes halogenated alkanes) is 2. The molecule has 1 aliphatic rings. The highest BCUT2D eigenvalue weighted by atomic mass is 16.6. The fraction of sp³-hybridized carbons (Fsp3) is 1.00. The van der Waals surface area contributed by atoms with Crippen LogP contribution in [0.15, 0.2) is 0 Å². The molecule has 66 valence electrons. The highest BCUT2D eigenvalue weighted by molar-refractivity contribution is 4.95. The topological polar surface area (TPSA) is 32.8 Å². The summed E-state index contributed by atoms with van der Waals surface area (Å²) in [5, 5.41) is 8.53. The van der Waals surface area contributed by atoms with E-state index < -0.39 is 0 Å². The Kier molecular flexibility index (Phi) is 2.90. The van der Waals surface area contributed by atoms with Gasteiger partial charge in [0.05, 0.1) is 11.7 Å². The monoisotopic (exact) mass is 158 g/mol. The first-order chi connectivity index (χ1) is 5.19. The van der Waals surface area contributed by atoms with E-state index in [4.69, 9.17) is 9.84 Å². The zero-order valence-electron chi connectivity index (χ0n) is 7.47. The van der Waals surface area contributed by atoms with Crippen molar-refractivity contribution in [1.29, 1.82) is 0 Å². The number of aliphatic hydroxyl groups is 1. The number of aliphatic hydroxyl groups excluding tert-OH is 1. The lowest BCUT2D eigenvalue weighted by atomic mass is 10.0. The normalized spacial score (nSPS) is 35.7. The summed E-state index contributed by atoms with van der Waals surface area (Å²) >= 11 is 0. The molecule has 1 heterocycles. The van der Waals surface area contributed by atoms with Crippen LogP contribution in [-0.4, -0.2) is 23.4 Å². The molecule has 1 aliphatic heterocycles. The van der Waals surface area contributed by atoms with Crippen molar-refractivity contribution in [2.24, 2.45) is 0 Å². The van der Waals surface area contributed by atoms with Gasteiger partial charge in [-0.3, -0.25) is 0 Å². The molecule has 2 nitrogen and oxygen atoms in total. The predicted molar refractivity (Wildman–Crippen MR) is 44.5 cm³/mol. The second-order valence-corrected chi connectivity index (χ2v) is 3.61. The number of hydrogen-bond donors (Lipinski definition) is 1. The van der Waals surface area contributed by atoms with Crippen LogP contribution in [-0.2, 0) is 4.74 Å². The minimum atomic E-state index is 0.176. The fourth-order valence-corrected chi connectivity index (χ4v) is 1.40. The molecule has 0 saturated carbocycles. The minimum absolute atomic E-state index is 0.176. The molecule has 11 heavy (non-hydrogen) atoms. The zero-order valence-corrected chi connectivity index (χ0v) is 7.47. The summed E-state index contributed by atoms with van der Waals surface area (Å²) < 4.78 is 5.42. The van der Waals surface area contributed by atoms with E-state index in [0.29, 0.717) is 12.7 Å². The van der Waals surface area contributed by atoms with Gasteiger partial charge in [0.25, 0.3) is 0 Å². The Balaban J connectivity index is 1.96. The molecule has 2 unspecified atom stereocenters. The highest BCUT2D eigenvalue weighted by Gasteiger charge is 2.47. The first kappa shape index (κ1) is 9.01. The summed E-state index contributed by atoms with van der Waals surface area (Å²) in [6.07, 6.45) is 4.85. The van der Waals surface area contributed by atoms with Gasteiger partial charge in [0.15, 0.2) is 0 Å². The largest absolute Gasteiger partial charge is 0.396 e. The van der Waals surface area contributed by atoms with Gasteiger partial charge >= 0.3 is 0 Å². The molecule has 0 aromatic rings. The van der Waals surface area contributed by atoms with E-state index in [2.05, 4.69) is 13.8 Å². The van der Waals surface area contributed by atoms with Crippen LogP contribution in [0.5, 0.6) is 0 Å². The van der Waals surface area contributed by atoms with Crippen molar-refractivity contribution in [3.63, 3.8) is 0 Å². The maximum atomic E-state index is 8.53. The Bertz CT molecular complexity index is 125. The molecule has 0 aromatic carbocycles. The van der Waals surface area contributed by atoms with Crippen molar-refractivity contribution < 1.29 is 9.84 Å². The lowest BCUT2D eigenvalue weighted by molar-refractivity contribution is 0.269. The van der Waals surface area contributed by atoms with E-state index in [9.17, 15) is 0 Å². The van der Waals surface area contributed by atoms with Crippen molar-refractivity contribution in [3.8, 4) is 0 Å². The summed E-state index contributed by atoms with van der Waals surface area (Å²) in [7, 11) is 0. The van der Waals surface area contributed by atoms with Crippen LogP contribution in [0, 0.1) is 0 Å². The van der Waals surface area contributed by atoms with Gasteiger partial charge in [-0.05, 0) is 26.7 Å². The molecule has 0 spiro atoms. The molecule has 1 N–H and O–H groups in total. The maximum absolute atomic E-state index is 8.53. The molecule has 2 heteroatoms. The minimum Gasteiger partial charge on any atom is -0.396 e. The van der Waals surface area contributed by atoms with Crippen molar-refractivity contribution >= 4 is 0 Å². The van der Waals surface area contributed by atoms with Crippen molar-refractivity contribution in [2.45, 2.75) is 51.2 Å². The molecule has 0 aliphatic carbocycles. The Morgan fingerprint density at radius 3 is 2.45 bits per heavy atom. The van der Waals surface area contributed by atoms with Crippen molar-refractivity contribution in [2.75, 3.05) is 6.61 Å². The lowest BCUT2D eigenvalue weighted by Gasteiger charge is -2.03. The zero-order chi connectivity index (χ0) is 8.32. The first-order valence-corrected chi connectivity index (χ1v) is 4.48. The molecule has 0 bridgehead atoms. The average Bonchev–Trinajstić information content (AvgIpc) is 2.54. The molecule has 2 atom stereocenters. The van der Waals surface area contributed by atoms with Gasteiger partial charge in [-0.2, -0.15) is 0 Å². The molecular weight excluding hydrogens is 140 g/mol. The Labute approximate surface area is 68.6 Å². The number of ether oxygens (including phenoxy) is 1. The Morgan fingerprint density at radius 1 is 1.36 bits per heavy atom. The molecule has 0 amide bonds. The van der Waals surface area contributed by atoms with Gasteiger partial charge in [0.2, 0.25) is 0 Å². The summed E-state index contributed by atoms with van der Waals surface area (Å²) in [5.41, 5.74) is 0.176.